The maximum absolute atomic E-state index is 14.0. The van der Waals surface area contributed by atoms with Crippen LogP contribution in [0.4, 0.5) is 4.39 Å². The molecule has 0 spiro atoms. The van der Waals surface area contributed by atoms with Crippen molar-refractivity contribution in [2.24, 2.45) is 16.6 Å². The minimum Gasteiger partial charge on any atom is -0.390 e. The summed E-state index contributed by atoms with van der Waals surface area (Å²) in [6.45, 7) is 6.59. The maximum atomic E-state index is 14.0. The topological polar surface area (TPSA) is 105 Å². The van der Waals surface area contributed by atoms with E-state index in [2.05, 4.69) is 22.2 Å². The number of hydrogen-bond acceptors (Lipinski definition) is 4. The second-order valence-corrected chi connectivity index (χ2v) is 10.3. The van der Waals surface area contributed by atoms with Crippen molar-refractivity contribution in [1.82, 2.24) is 20.1 Å². The molecule has 1 saturated heterocycles. The Morgan fingerprint density at radius 3 is 2.66 bits per heavy atom. The van der Waals surface area contributed by atoms with Gasteiger partial charge in [0.05, 0.1) is 29.6 Å². The Balaban J connectivity index is 1.61. The number of fused-ring (bicyclic) bond motifs is 1. The summed E-state index contributed by atoms with van der Waals surface area (Å²) >= 11 is 0. The second kappa shape index (κ2) is 12.4. The quantitative estimate of drug-likeness (QED) is 0.265. The van der Waals surface area contributed by atoms with E-state index in [9.17, 15) is 14.0 Å². The van der Waals surface area contributed by atoms with Crippen molar-refractivity contribution in [3.05, 3.63) is 54.6 Å². The van der Waals surface area contributed by atoms with Gasteiger partial charge in [0.25, 0.3) is 0 Å². The molecule has 1 aliphatic carbocycles. The van der Waals surface area contributed by atoms with E-state index in [0.717, 1.165) is 55.8 Å². The second-order valence-electron chi connectivity index (χ2n) is 10.3. The Morgan fingerprint density at radius 2 is 1.95 bits per heavy atom. The molecule has 1 saturated carbocycles. The summed E-state index contributed by atoms with van der Waals surface area (Å²) in [7, 11) is 1.73. The number of aromatic nitrogens is 1. The molecule has 1 aromatic carbocycles. The molecule has 2 heterocycles. The first-order chi connectivity index (χ1) is 18.3. The number of nitrogens with two attached hydrogens (primary N) is 1. The minimum atomic E-state index is -0.575. The Hall–Kier alpha value is -3.46. The number of hydrogen-bond donors (Lipinski definition) is 3. The molecule has 2 aromatic rings. The first-order valence-electron chi connectivity index (χ1n) is 13.5. The molecule has 3 atom stereocenters. The van der Waals surface area contributed by atoms with E-state index in [-0.39, 0.29) is 29.6 Å². The van der Waals surface area contributed by atoms with Crippen molar-refractivity contribution < 1.29 is 14.0 Å². The molecule has 9 heteroatoms. The molecule has 1 aliphatic heterocycles. The molecular weight excluding hydrogens is 483 g/mol. The van der Waals surface area contributed by atoms with Gasteiger partial charge in [0.15, 0.2) is 0 Å². The zero-order chi connectivity index (χ0) is 27.2. The molecule has 8 nitrogen and oxygen atoms in total. The summed E-state index contributed by atoms with van der Waals surface area (Å²) in [5.74, 6) is -0.430. The van der Waals surface area contributed by atoms with Crippen molar-refractivity contribution in [2.45, 2.75) is 70.0 Å². The molecule has 1 aromatic heterocycles. The summed E-state index contributed by atoms with van der Waals surface area (Å²) in [4.78, 5) is 33.2. The number of carbonyl (C=O) groups is 2. The Bertz CT molecular complexity index is 1230. The zero-order valence-electron chi connectivity index (χ0n) is 22.3. The number of aliphatic imine (C=N–C) groups is 1. The van der Waals surface area contributed by atoms with Crippen LogP contribution in [0.15, 0.2) is 53.8 Å². The van der Waals surface area contributed by atoms with Crippen molar-refractivity contribution in [1.29, 1.82) is 0 Å². The van der Waals surface area contributed by atoms with Crippen molar-refractivity contribution in [3.63, 3.8) is 0 Å². The fraction of sp³-hybridized carbons (Fsp3) is 0.483. The van der Waals surface area contributed by atoms with E-state index >= 15 is 0 Å². The van der Waals surface area contributed by atoms with E-state index in [0.29, 0.717) is 17.9 Å². The van der Waals surface area contributed by atoms with Gasteiger partial charge in [-0.25, -0.2) is 9.38 Å². The van der Waals surface area contributed by atoms with Crippen LogP contribution in [0.5, 0.6) is 0 Å². The van der Waals surface area contributed by atoms with Gasteiger partial charge < -0.3 is 25.8 Å². The maximum Gasteiger partial charge on any atom is 0.246 e. The average molecular weight is 523 g/mol. The number of amides is 2. The van der Waals surface area contributed by atoms with Crippen LogP contribution in [0.3, 0.4) is 0 Å². The number of nitrogens with zero attached hydrogens (tertiary/aromatic N) is 3. The van der Waals surface area contributed by atoms with Crippen LogP contribution < -0.4 is 16.4 Å². The van der Waals surface area contributed by atoms with Gasteiger partial charge in [0, 0.05) is 23.8 Å². The van der Waals surface area contributed by atoms with Gasteiger partial charge >= 0.3 is 0 Å². The van der Waals surface area contributed by atoms with Crippen LogP contribution in [0.2, 0.25) is 0 Å². The Kier molecular flexibility index (Phi) is 8.99. The fourth-order valence-electron chi connectivity index (χ4n) is 5.68. The number of allylic oxidation sites excluding steroid dienone is 2. The summed E-state index contributed by atoms with van der Waals surface area (Å²) in [5.41, 5.74) is 7.81. The number of halogens is 1. The van der Waals surface area contributed by atoms with E-state index in [4.69, 9.17) is 5.73 Å². The highest BCUT2D eigenvalue weighted by Crippen LogP contribution is 2.32. The summed E-state index contributed by atoms with van der Waals surface area (Å²) in [6, 6.07) is 5.18. The highest BCUT2D eigenvalue weighted by molar-refractivity contribution is 5.90. The van der Waals surface area contributed by atoms with Gasteiger partial charge in [0.2, 0.25) is 11.8 Å². The number of carbonyl (C=O) groups excluding carboxylic acids is 2. The number of likely N-dealkylation sites (N-methyl/N-ethyl adjacent to an activating group) is 1. The van der Waals surface area contributed by atoms with Gasteiger partial charge in [-0.2, -0.15) is 0 Å². The van der Waals surface area contributed by atoms with E-state index < -0.39 is 12.1 Å². The highest BCUT2D eigenvalue weighted by Gasteiger charge is 2.39. The summed E-state index contributed by atoms with van der Waals surface area (Å²) < 4.78 is 15.5. The molecule has 0 bridgehead atoms. The van der Waals surface area contributed by atoms with Gasteiger partial charge in [-0.15, -0.1) is 0 Å². The molecule has 204 valence electrons. The lowest BCUT2D eigenvalue weighted by molar-refractivity contribution is -0.139. The molecule has 2 amide bonds. The van der Waals surface area contributed by atoms with Gasteiger partial charge in [0.1, 0.15) is 11.9 Å². The normalized spacial score (nSPS) is 20.7. The zero-order valence-corrected chi connectivity index (χ0v) is 22.3. The third kappa shape index (κ3) is 5.99. The fourth-order valence-corrected chi connectivity index (χ4v) is 5.68. The molecular formula is C29H39FN6O2. The largest absolute Gasteiger partial charge is 0.390 e. The van der Waals surface area contributed by atoms with Crippen molar-refractivity contribution >= 4 is 34.8 Å². The van der Waals surface area contributed by atoms with Crippen molar-refractivity contribution in [2.75, 3.05) is 13.6 Å². The lowest BCUT2D eigenvalue weighted by Gasteiger charge is -2.35. The van der Waals surface area contributed by atoms with E-state index in [1.54, 1.807) is 20.0 Å². The molecule has 2 aliphatic rings. The molecule has 4 rings (SSSR count). The molecule has 2 fully saturated rings. The smallest absolute Gasteiger partial charge is 0.246 e. The summed E-state index contributed by atoms with van der Waals surface area (Å²) in [5, 5.41) is 6.80. The SMILES string of the molecule is C=C(/C=C(\N=CN)C1CCCN1C(=O)C(NC(=O)C(C)NC)C1CCCCC1)n1ccc2cc(F)ccc21. The number of nitrogens with one attached hydrogen (secondary N) is 2. The molecule has 38 heavy (non-hydrogen) atoms. The Morgan fingerprint density at radius 1 is 1.18 bits per heavy atom. The van der Waals surface area contributed by atoms with Crippen LogP contribution in [0.1, 0.15) is 51.9 Å². The van der Waals surface area contributed by atoms with E-state index in [1.807, 2.05) is 27.8 Å². The number of rotatable bonds is 9. The predicted octanol–water partition coefficient (Wildman–Crippen LogP) is 3.79. The monoisotopic (exact) mass is 522 g/mol. The lowest BCUT2D eigenvalue weighted by Crippen LogP contribution is -2.56. The molecule has 0 radical (unpaired) electrons. The third-order valence-corrected chi connectivity index (χ3v) is 7.89. The molecule has 4 N–H and O–H groups in total. The summed E-state index contributed by atoms with van der Waals surface area (Å²) in [6.07, 6.45) is 11.6. The van der Waals surface area contributed by atoms with Crippen LogP contribution in [-0.4, -0.2) is 59.3 Å². The lowest BCUT2D eigenvalue weighted by atomic mass is 9.83. The van der Waals surface area contributed by atoms with Gasteiger partial charge in [-0.1, -0.05) is 25.8 Å². The average Bonchev–Trinajstić information content (AvgIpc) is 3.58. The van der Waals surface area contributed by atoms with E-state index in [1.165, 1.54) is 18.5 Å². The van der Waals surface area contributed by atoms with Crippen LogP contribution in [0, 0.1) is 11.7 Å². The highest BCUT2D eigenvalue weighted by atomic mass is 19.1. The predicted molar refractivity (Wildman–Crippen MR) is 150 cm³/mol. The first-order valence-corrected chi connectivity index (χ1v) is 13.5. The number of benzene rings is 1. The standard InChI is InChI=1S/C29H39FN6O2/c1-19(35-15-13-22-17-23(30)11-12-25(22)35)16-24(33-18-31)26-10-7-14-36(26)29(38)27(21-8-5-4-6-9-21)34-28(37)20(2)32-3/h11-13,15-18,20-21,26-27,32H,1,4-10,14H2,2-3H3,(H2,31,33)(H,34,37)/b24-16-. The first kappa shape index (κ1) is 27.6. The van der Waals surface area contributed by atoms with Gasteiger partial charge in [-0.05, 0) is 75.9 Å². The van der Waals surface area contributed by atoms with Crippen LogP contribution in [-0.2, 0) is 9.59 Å². The van der Waals surface area contributed by atoms with Gasteiger partial charge in [-0.3, -0.25) is 9.59 Å². The molecule has 3 unspecified atom stereocenters. The Labute approximate surface area is 223 Å². The van der Waals surface area contributed by atoms with Crippen molar-refractivity contribution in [3.8, 4) is 0 Å². The number of likely N-dealkylation sites (tertiary alicyclic amines) is 1. The van der Waals surface area contributed by atoms with Crippen LogP contribution >= 0.6 is 0 Å². The third-order valence-electron chi connectivity index (χ3n) is 7.89. The minimum absolute atomic E-state index is 0.0679. The van der Waals surface area contributed by atoms with Crippen LogP contribution in [0.25, 0.3) is 16.6 Å².